The van der Waals surface area contributed by atoms with Gasteiger partial charge in [0.1, 0.15) is 5.75 Å². The van der Waals surface area contributed by atoms with Crippen LogP contribution >= 0.6 is 0 Å². The first kappa shape index (κ1) is 28.1. The SMILES string of the molecule is CCC(=O)c1ccc(OCCCCC(=O)Nc2ccccc2C(=O)Nc2cc(C(=O)O)ccc2CC)cc1. The van der Waals surface area contributed by atoms with E-state index in [1.165, 1.54) is 12.1 Å². The van der Waals surface area contributed by atoms with Crippen LogP contribution in [-0.4, -0.2) is 35.3 Å². The van der Waals surface area contributed by atoms with E-state index in [0.717, 1.165) is 5.56 Å². The van der Waals surface area contributed by atoms with E-state index in [9.17, 15) is 24.3 Å². The second-order valence-corrected chi connectivity index (χ2v) is 8.69. The smallest absolute Gasteiger partial charge is 0.335 e. The summed E-state index contributed by atoms with van der Waals surface area (Å²) < 4.78 is 5.69. The maximum atomic E-state index is 13.0. The lowest BCUT2D eigenvalue weighted by Crippen LogP contribution is -2.19. The lowest BCUT2D eigenvalue weighted by atomic mass is 10.1. The molecule has 0 saturated carbocycles. The Morgan fingerprint density at radius 3 is 2.21 bits per heavy atom. The normalized spacial score (nSPS) is 10.5. The number of ketones is 1. The van der Waals surface area contributed by atoms with Gasteiger partial charge < -0.3 is 20.5 Å². The lowest BCUT2D eigenvalue weighted by molar-refractivity contribution is -0.116. The number of Topliss-reactive ketones (excluding diaryl/α,β-unsaturated/α-hetero) is 1. The van der Waals surface area contributed by atoms with Gasteiger partial charge in [-0.25, -0.2) is 4.79 Å². The minimum atomic E-state index is -1.08. The van der Waals surface area contributed by atoms with Crippen LogP contribution in [0.3, 0.4) is 0 Å². The van der Waals surface area contributed by atoms with Crippen molar-refractivity contribution in [3.63, 3.8) is 0 Å². The topological polar surface area (TPSA) is 122 Å². The molecule has 3 N–H and O–H groups in total. The minimum Gasteiger partial charge on any atom is -0.494 e. The number of carbonyl (C=O) groups excluding carboxylic acids is 3. The van der Waals surface area contributed by atoms with Crippen molar-refractivity contribution in [3.05, 3.63) is 89.0 Å². The number of hydrogen-bond donors (Lipinski definition) is 3. The highest BCUT2D eigenvalue weighted by Gasteiger charge is 2.16. The highest BCUT2D eigenvalue weighted by atomic mass is 16.5. The standard InChI is InChI=1S/C30H32N2O6/c1-3-20-12-13-22(30(36)37)19-26(20)32-29(35)24-9-5-6-10-25(24)31-28(34)11-7-8-18-38-23-16-14-21(15-17-23)27(33)4-2/h5-6,9-10,12-17,19H,3-4,7-8,11,18H2,1-2H3,(H,31,34)(H,32,35)(H,36,37). The van der Waals surface area contributed by atoms with E-state index in [4.69, 9.17) is 4.74 Å². The summed E-state index contributed by atoms with van der Waals surface area (Å²) in [5.74, 6) is -1.00. The van der Waals surface area contributed by atoms with Crippen LogP contribution in [0.25, 0.3) is 0 Å². The van der Waals surface area contributed by atoms with Gasteiger partial charge in [0.25, 0.3) is 5.91 Å². The number of carboxylic acids is 1. The molecule has 0 atom stereocenters. The van der Waals surface area contributed by atoms with Crippen molar-refractivity contribution in [2.24, 2.45) is 0 Å². The van der Waals surface area contributed by atoms with Crippen LogP contribution < -0.4 is 15.4 Å². The van der Waals surface area contributed by atoms with Gasteiger partial charge >= 0.3 is 5.97 Å². The van der Waals surface area contributed by atoms with Gasteiger partial charge in [0.15, 0.2) is 5.78 Å². The van der Waals surface area contributed by atoms with Crippen LogP contribution in [0.2, 0.25) is 0 Å². The quantitative estimate of drug-likeness (QED) is 0.190. The maximum absolute atomic E-state index is 13.0. The predicted octanol–water partition coefficient (Wildman–Crippen LogP) is 5.98. The summed E-state index contributed by atoms with van der Waals surface area (Å²) in [4.78, 5) is 48.6. The molecule has 3 aromatic rings. The Morgan fingerprint density at radius 1 is 0.816 bits per heavy atom. The molecule has 0 spiro atoms. The van der Waals surface area contributed by atoms with Crippen LogP contribution in [0, 0.1) is 0 Å². The number of anilines is 2. The molecule has 0 saturated heterocycles. The number of para-hydroxylation sites is 1. The van der Waals surface area contributed by atoms with E-state index >= 15 is 0 Å². The van der Waals surface area contributed by atoms with E-state index < -0.39 is 11.9 Å². The second kappa shape index (κ2) is 13.7. The maximum Gasteiger partial charge on any atom is 0.335 e. The zero-order valence-electron chi connectivity index (χ0n) is 21.6. The molecule has 0 aliphatic carbocycles. The van der Waals surface area contributed by atoms with Crippen molar-refractivity contribution in [2.75, 3.05) is 17.2 Å². The van der Waals surface area contributed by atoms with E-state index in [1.54, 1.807) is 54.6 Å². The van der Waals surface area contributed by atoms with E-state index in [0.29, 0.717) is 55.0 Å². The Hall–Kier alpha value is -4.46. The first-order chi connectivity index (χ1) is 18.3. The Kier molecular flexibility index (Phi) is 10.2. The number of aryl methyl sites for hydroxylation is 1. The van der Waals surface area contributed by atoms with Gasteiger partial charge in [-0.3, -0.25) is 14.4 Å². The van der Waals surface area contributed by atoms with Gasteiger partial charge in [0.05, 0.1) is 23.4 Å². The van der Waals surface area contributed by atoms with Gasteiger partial charge in [0, 0.05) is 24.1 Å². The predicted molar refractivity (Wildman–Crippen MR) is 146 cm³/mol. The minimum absolute atomic E-state index is 0.0756. The molecule has 8 nitrogen and oxygen atoms in total. The van der Waals surface area contributed by atoms with Crippen molar-refractivity contribution >= 4 is 34.9 Å². The Balaban J connectivity index is 1.52. The Labute approximate surface area is 222 Å². The van der Waals surface area contributed by atoms with Crippen molar-refractivity contribution in [2.45, 2.75) is 46.0 Å². The zero-order chi connectivity index (χ0) is 27.5. The molecule has 0 radical (unpaired) electrons. The third kappa shape index (κ3) is 7.77. The number of amides is 2. The summed E-state index contributed by atoms with van der Waals surface area (Å²) >= 11 is 0. The van der Waals surface area contributed by atoms with Gasteiger partial charge in [0.2, 0.25) is 5.91 Å². The number of unbranched alkanes of at least 4 members (excludes halogenated alkanes) is 1. The molecule has 0 fully saturated rings. The van der Waals surface area contributed by atoms with Gasteiger partial charge in [-0.05, 0) is 73.4 Å². The fourth-order valence-corrected chi connectivity index (χ4v) is 3.85. The number of nitrogens with one attached hydrogen (secondary N) is 2. The van der Waals surface area contributed by atoms with Crippen LogP contribution in [0.4, 0.5) is 11.4 Å². The largest absolute Gasteiger partial charge is 0.494 e. The monoisotopic (exact) mass is 516 g/mol. The van der Waals surface area contributed by atoms with Gasteiger partial charge in [-0.15, -0.1) is 0 Å². The van der Waals surface area contributed by atoms with Crippen molar-refractivity contribution in [1.82, 2.24) is 0 Å². The van der Waals surface area contributed by atoms with E-state index in [-0.39, 0.29) is 29.2 Å². The van der Waals surface area contributed by atoms with Crippen LogP contribution in [-0.2, 0) is 11.2 Å². The van der Waals surface area contributed by atoms with Gasteiger partial charge in [-0.2, -0.15) is 0 Å². The van der Waals surface area contributed by atoms with Crippen molar-refractivity contribution in [1.29, 1.82) is 0 Å². The summed E-state index contributed by atoms with van der Waals surface area (Å²) in [6.07, 6.45) is 2.57. The van der Waals surface area contributed by atoms with Crippen molar-refractivity contribution < 1.29 is 29.0 Å². The summed E-state index contributed by atoms with van der Waals surface area (Å²) in [5.41, 5.74) is 2.61. The van der Waals surface area contributed by atoms with E-state index in [2.05, 4.69) is 10.6 Å². The first-order valence-corrected chi connectivity index (χ1v) is 12.6. The number of carbonyl (C=O) groups is 4. The molecular weight excluding hydrogens is 484 g/mol. The summed E-state index contributed by atoms with van der Waals surface area (Å²) in [5, 5.41) is 14.9. The third-order valence-corrected chi connectivity index (χ3v) is 6.00. The number of aromatic carboxylic acids is 1. The molecule has 198 valence electrons. The number of ether oxygens (including phenoxy) is 1. The molecule has 0 bridgehead atoms. The molecule has 38 heavy (non-hydrogen) atoms. The number of benzene rings is 3. The van der Waals surface area contributed by atoms with E-state index in [1.807, 2.05) is 13.8 Å². The average Bonchev–Trinajstić information content (AvgIpc) is 2.92. The Bertz CT molecular complexity index is 1300. The molecular formula is C30H32N2O6. The molecule has 0 unspecified atom stereocenters. The molecule has 3 aromatic carbocycles. The summed E-state index contributed by atoms with van der Waals surface area (Å²) in [6.45, 7) is 4.17. The second-order valence-electron chi connectivity index (χ2n) is 8.69. The highest BCUT2D eigenvalue weighted by Crippen LogP contribution is 2.22. The van der Waals surface area contributed by atoms with Crippen molar-refractivity contribution in [3.8, 4) is 5.75 Å². The third-order valence-electron chi connectivity index (χ3n) is 6.00. The zero-order valence-corrected chi connectivity index (χ0v) is 21.6. The fourth-order valence-electron chi connectivity index (χ4n) is 3.85. The number of rotatable bonds is 13. The molecule has 0 aromatic heterocycles. The first-order valence-electron chi connectivity index (χ1n) is 12.6. The lowest BCUT2D eigenvalue weighted by Gasteiger charge is -2.14. The fraction of sp³-hybridized carbons (Fsp3) is 0.267. The number of carboxylic acid groups (broad SMARTS) is 1. The number of hydrogen-bond acceptors (Lipinski definition) is 5. The highest BCUT2D eigenvalue weighted by molar-refractivity contribution is 6.10. The summed E-state index contributed by atoms with van der Waals surface area (Å²) in [6, 6.07) is 18.3. The van der Waals surface area contributed by atoms with Gasteiger partial charge in [-0.1, -0.05) is 32.0 Å². The Morgan fingerprint density at radius 2 is 1.53 bits per heavy atom. The van der Waals surface area contributed by atoms with Crippen LogP contribution in [0.15, 0.2) is 66.7 Å². The average molecular weight is 517 g/mol. The molecule has 0 aliphatic heterocycles. The molecule has 0 heterocycles. The van der Waals surface area contributed by atoms with Crippen LogP contribution in [0.5, 0.6) is 5.75 Å². The molecule has 3 rings (SSSR count). The molecule has 2 amide bonds. The van der Waals surface area contributed by atoms with Crippen LogP contribution in [0.1, 0.15) is 76.2 Å². The summed E-state index contributed by atoms with van der Waals surface area (Å²) in [7, 11) is 0. The molecule has 0 aliphatic rings. The molecule has 8 heteroatoms.